The Morgan fingerprint density at radius 1 is 1.40 bits per heavy atom. The van der Waals surface area contributed by atoms with Crippen molar-refractivity contribution >= 4 is 21.9 Å². The number of carbonyl (C=O) groups excluding carboxylic acids is 1. The van der Waals surface area contributed by atoms with Crippen LogP contribution in [-0.2, 0) is 9.53 Å². The molecule has 2 rings (SSSR count). The van der Waals surface area contributed by atoms with Crippen molar-refractivity contribution in [3.63, 3.8) is 0 Å². The molecule has 2 saturated carbocycles. The first-order valence-electron chi connectivity index (χ1n) is 11.8. The SMILES string of the molecule is C=C(COC(=O)C(C)(C)C)[C@@H](CC)[C@H](O)C[C@@H](C)[C@H]1CC[C@H]2/C(=C/Br)CCC[C@]12C. The first-order valence-corrected chi connectivity index (χ1v) is 12.7. The zero-order valence-electron chi connectivity index (χ0n) is 20.0. The Morgan fingerprint density at radius 2 is 2.07 bits per heavy atom. The van der Waals surface area contributed by atoms with E-state index in [0.717, 1.165) is 18.4 Å². The van der Waals surface area contributed by atoms with Gasteiger partial charge in [0.1, 0.15) is 6.61 Å². The molecular weight excluding hydrogens is 440 g/mol. The maximum absolute atomic E-state index is 12.1. The van der Waals surface area contributed by atoms with Crippen molar-refractivity contribution < 1.29 is 14.6 Å². The fraction of sp³-hybridized carbons (Fsp3) is 0.808. The molecule has 2 aliphatic carbocycles. The number of ether oxygens (including phenoxy) is 1. The number of fused-ring (bicyclic) bond motifs is 1. The van der Waals surface area contributed by atoms with Gasteiger partial charge in [0, 0.05) is 5.92 Å². The van der Waals surface area contributed by atoms with Crippen LogP contribution in [0, 0.1) is 34.5 Å². The largest absolute Gasteiger partial charge is 0.461 e. The summed E-state index contributed by atoms with van der Waals surface area (Å²) in [5, 5.41) is 11.1. The van der Waals surface area contributed by atoms with Crippen molar-refractivity contribution in [2.24, 2.45) is 34.5 Å². The van der Waals surface area contributed by atoms with E-state index in [-0.39, 0.29) is 18.5 Å². The highest BCUT2D eigenvalue weighted by atomic mass is 79.9. The minimum absolute atomic E-state index is 0.0328. The molecule has 0 radical (unpaired) electrons. The Morgan fingerprint density at radius 3 is 2.63 bits per heavy atom. The number of halogens is 1. The molecule has 6 atom stereocenters. The maximum Gasteiger partial charge on any atom is 0.311 e. The molecule has 0 amide bonds. The molecule has 0 aromatic carbocycles. The molecule has 2 fully saturated rings. The summed E-state index contributed by atoms with van der Waals surface area (Å²) >= 11 is 3.60. The normalized spacial score (nSPS) is 31.1. The second-order valence-corrected chi connectivity index (χ2v) is 11.5. The number of allylic oxidation sites excluding steroid dienone is 1. The van der Waals surface area contributed by atoms with Crippen LogP contribution in [0.25, 0.3) is 0 Å². The minimum atomic E-state index is -0.522. The molecule has 2 aliphatic rings. The predicted octanol–water partition coefficient (Wildman–Crippen LogP) is 7.04. The summed E-state index contributed by atoms with van der Waals surface area (Å²) in [6, 6.07) is 0. The first kappa shape index (κ1) is 25.6. The van der Waals surface area contributed by atoms with E-state index in [2.05, 4.69) is 48.3 Å². The summed E-state index contributed by atoms with van der Waals surface area (Å²) in [5.74, 6) is 1.53. The van der Waals surface area contributed by atoms with Crippen LogP contribution in [-0.4, -0.2) is 23.8 Å². The molecule has 0 aromatic heterocycles. The van der Waals surface area contributed by atoms with Crippen LogP contribution in [0.1, 0.15) is 86.5 Å². The standard InChI is InChI=1S/C26H43BrO3/c1-8-20(18(3)16-30-24(29)25(4,5)6)23(28)14-17(2)21-11-12-22-19(15-27)10-9-13-26(21,22)7/h15,17,20-23,28H,3,8-14,16H2,1-2,4-7H3/b19-15+/t17-,20-,21-,22+,23-,26-/m1/s1. The number of carbonyl (C=O) groups is 1. The molecule has 0 bridgehead atoms. The summed E-state index contributed by atoms with van der Waals surface area (Å²) < 4.78 is 5.46. The third-order valence-electron chi connectivity index (χ3n) is 7.91. The highest BCUT2D eigenvalue weighted by Gasteiger charge is 2.50. The van der Waals surface area contributed by atoms with E-state index >= 15 is 0 Å². The lowest BCUT2D eigenvalue weighted by atomic mass is 9.61. The molecule has 0 saturated heterocycles. The first-order chi connectivity index (χ1) is 14.0. The van der Waals surface area contributed by atoms with Crippen LogP contribution in [0.5, 0.6) is 0 Å². The molecule has 0 heterocycles. The monoisotopic (exact) mass is 482 g/mol. The summed E-state index contributed by atoms with van der Waals surface area (Å²) in [5.41, 5.74) is 2.23. The molecule has 3 nitrogen and oxygen atoms in total. The van der Waals surface area contributed by atoms with Crippen molar-refractivity contribution in [3.05, 3.63) is 22.7 Å². The van der Waals surface area contributed by atoms with E-state index in [1.807, 2.05) is 20.8 Å². The van der Waals surface area contributed by atoms with Gasteiger partial charge in [0.2, 0.25) is 0 Å². The summed E-state index contributed by atoms with van der Waals surface area (Å²) in [6.45, 7) is 16.8. The van der Waals surface area contributed by atoms with Crippen molar-refractivity contribution in [2.75, 3.05) is 6.61 Å². The highest BCUT2D eigenvalue weighted by molar-refractivity contribution is 9.11. The van der Waals surface area contributed by atoms with Gasteiger partial charge in [0.15, 0.2) is 0 Å². The fourth-order valence-corrected chi connectivity index (χ4v) is 6.72. The molecular formula is C26H43BrO3. The third kappa shape index (κ3) is 5.59. The number of rotatable bonds is 8. The molecule has 172 valence electrons. The van der Waals surface area contributed by atoms with Crippen molar-refractivity contribution in [2.45, 2.75) is 92.6 Å². The lowest BCUT2D eigenvalue weighted by molar-refractivity contribution is -0.152. The van der Waals surface area contributed by atoms with Crippen LogP contribution in [0.3, 0.4) is 0 Å². The van der Waals surface area contributed by atoms with E-state index in [1.54, 1.807) is 5.57 Å². The molecule has 30 heavy (non-hydrogen) atoms. The topological polar surface area (TPSA) is 46.5 Å². The molecule has 0 aliphatic heterocycles. The third-order valence-corrected chi connectivity index (χ3v) is 8.50. The van der Waals surface area contributed by atoms with Gasteiger partial charge in [-0.3, -0.25) is 4.79 Å². The van der Waals surface area contributed by atoms with Crippen molar-refractivity contribution in [1.82, 2.24) is 0 Å². The van der Waals surface area contributed by atoms with Gasteiger partial charge in [0.05, 0.1) is 11.5 Å². The number of esters is 1. The molecule has 0 spiro atoms. The van der Waals surface area contributed by atoms with Gasteiger partial charge in [-0.1, -0.05) is 48.9 Å². The van der Waals surface area contributed by atoms with Gasteiger partial charge in [-0.15, -0.1) is 0 Å². The molecule has 0 aromatic rings. The molecule has 1 N–H and O–H groups in total. The number of hydrogen-bond donors (Lipinski definition) is 1. The number of aliphatic hydroxyl groups is 1. The molecule has 0 unspecified atom stereocenters. The summed E-state index contributed by atoms with van der Waals surface area (Å²) in [7, 11) is 0. The van der Waals surface area contributed by atoms with Crippen LogP contribution in [0.2, 0.25) is 0 Å². The predicted molar refractivity (Wildman–Crippen MR) is 128 cm³/mol. The van der Waals surface area contributed by atoms with E-state index in [0.29, 0.717) is 23.2 Å². The Kier molecular flexibility index (Phi) is 8.84. The van der Waals surface area contributed by atoms with E-state index in [9.17, 15) is 9.90 Å². The smallest absolute Gasteiger partial charge is 0.311 e. The summed E-state index contributed by atoms with van der Waals surface area (Å²) in [6.07, 6.45) is 7.45. The van der Waals surface area contributed by atoms with E-state index in [4.69, 9.17) is 4.74 Å². The van der Waals surface area contributed by atoms with Crippen LogP contribution >= 0.6 is 15.9 Å². The second-order valence-electron chi connectivity index (χ2n) is 11.1. The Labute approximate surface area is 192 Å². The lowest BCUT2D eigenvalue weighted by Crippen LogP contribution is -2.37. The lowest BCUT2D eigenvalue weighted by Gasteiger charge is -2.44. The zero-order valence-corrected chi connectivity index (χ0v) is 21.6. The van der Waals surface area contributed by atoms with Crippen LogP contribution < -0.4 is 0 Å². The minimum Gasteiger partial charge on any atom is -0.461 e. The van der Waals surface area contributed by atoms with Gasteiger partial charge >= 0.3 is 5.97 Å². The van der Waals surface area contributed by atoms with Gasteiger partial charge in [-0.25, -0.2) is 0 Å². The average Bonchev–Trinajstić information content (AvgIpc) is 3.02. The number of hydrogen-bond acceptors (Lipinski definition) is 3. The van der Waals surface area contributed by atoms with Gasteiger partial charge in [-0.05, 0) is 99.4 Å². The van der Waals surface area contributed by atoms with Crippen molar-refractivity contribution in [1.29, 1.82) is 0 Å². The van der Waals surface area contributed by atoms with Crippen LogP contribution in [0.15, 0.2) is 22.7 Å². The van der Waals surface area contributed by atoms with E-state index < -0.39 is 11.5 Å². The van der Waals surface area contributed by atoms with E-state index in [1.165, 1.54) is 32.1 Å². The quantitative estimate of drug-likeness (QED) is 0.298. The second kappa shape index (κ2) is 10.3. The summed E-state index contributed by atoms with van der Waals surface area (Å²) in [4.78, 5) is 14.3. The molecule has 4 heteroatoms. The number of aliphatic hydroxyl groups excluding tert-OH is 1. The average molecular weight is 484 g/mol. The van der Waals surface area contributed by atoms with Gasteiger partial charge in [0.25, 0.3) is 0 Å². The van der Waals surface area contributed by atoms with Crippen LogP contribution in [0.4, 0.5) is 0 Å². The Hall–Kier alpha value is -0.610. The zero-order chi connectivity index (χ0) is 22.7. The van der Waals surface area contributed by atoms with Gasteiger partial charge < -0.3 is 9.84 Å². The maximum atomic E-state index is 12.1. The highest BCUT2D eigenvalue weighted by Crippen LogP contribution is 2.60. The Balaban J connectivity index is 1.99. The van der Waals surface area contributed by atoms with Crippen molar-refractivity contribution in [3.8, 4) is 0 Å². The fourth-order valence-electron chi connectivity index (χ4n) is 6.17. The Bertz CT molecular complexity index is 647. The van der Waals surface area contributed by atoms with Gasteiger partial charge in [-0.2, -0.15) is 0 Å².